The number of aromatic nitrogens is 3. The molecular formula is C20H29N5O3. The monoisotopic (exact) mass is 387 g/mol. The molecule has 0 saturated carbocycles. The Labute approximate surface area is 165 Å². The van der Waals surface area contributed by atoms with Crippen LogP contribution in [0.3, 0.4) is 0 Å². The van der Waals surface area contributed by atoms with Crippen LogP contribution in [-0.4, -0.2) is 88.0 Å². The van der Waals surface area contributed by atoms with Gasteiger partial charge in [-0.1, -0.05) is 0 Å². The molecule has 2 aromatic heterocycles. The lowest BCUT2D eigenvalue weighted by Gasteiger charge is -2.39. The summed E-state index contributed by atoms with van der Waals surface area (Å²) < 4.78 is 7.20. The molecule has 0 radical (unpaired) electrons. The van der Waals surface area contributed by atoms with E-state index >= 15 is 0 Å². The van der Waals surface area contributed by atoms with E-state index in [0.29, 0.717) is 43.2 Å². The van der Waals surface area contributed by atoms with Crippen LogP contribution in [0.2, 0.25) is 0 Å². The van der Waals surface area contributed by atoms with E-state index in [1.807, 2.05) is 10.6 Å². The average molecular weight is 387 g/mol. The number of hydrogen-bond donors (Lipinski definition) is 1. The number of fused-ring (bicyclic) bond motifs is 1. The minimum absolute atomic E-state index is 0.0841. The van der Waals surface area contributed by atoms with Crippen molar-refractivity contribution in [2.75, 3.05) is 46.9 Å². The summed E-state index contributed by atoms with van der Waals surface area (Å²) in [6.07, 6.45) is 6.83. The number of rotatable bonds is 4. The van der Waals surface area contributed by atoms with Crippen LogP contribution in [-0.2, 0) is 4.74 Å². The molecule has 1 amide bonds. The summed E-state index contributed by atoms with van der Waals surface area (Å²) in [7, 11) is 3.47. The number of carbonyl (C=O) groups excluding carboxylic acids is 1. The van der Waals surface area contributed by atoms with E-state index < -0.39 is 5.60 Å². The molecular weight excluding hydrogens is 358 g/mol. The average Bonchev–Trinajstić information content (AvgIpc) is 3.12. The molecule has 0 unspecified atom stereocenters. The maximum absolute atomic E-state index is 12.4. The van der Waals surface area contributed by atoms with Gasteiger partial charge < -0.3 is 19.6 Å². The van der Waals surface area contributed by atoms with Crippen molar-refractivity contribution in [2.45, 2.75) is 37.2 Å². The molecule has 8 nitrogen and oxygen atoms in total. The van der Waals surface area contributed by atoms with Crippen molar-refractivity contribution in [2.24, 2.45) is 0 Å². The number of carbonyl (C=O) groups is 1. The van der Waals surface area contributed by atoms with Crippen molar-refractivity contribution < 1.29 is 14.6 Å². The van der Waals surface area contributed by atoms with Crippen molar-refractivity contribution in [3.05, 3.63) is 29.7 Å². The van der Waals surface area contributed by atoms with Crippen LogP contribution < -0.4 is 0 Å². The summed E-state index contributed by atoms with van der Waals surface area (Å²) in [4.78, 5) is 20.7. The van der Waals surface area contributed by atoms with Gasteiger partial charge in [-0.15, -0.1) is 0 Å². The third-order valence-electron chi connectivity index (χ3n) is 6.01. The molecule has 0 spiro atoms. The van der Waals surface area contributed by atoms with Crippen molar-refractivity contribution in [3.8, 4) is 0 Å². The highest BCUT2D eigenvalue weighted by atomic mass is 16.5. The van der Waals surface area contributed by atoms with E-state index in [4.69, 9.17) is 4.74 Å². The topological polar surface area (TPSA) is 83.2 Å². The Morgan fingerprint density at radius 2 is 2.04 bits per heavy atom. The van der Waals surface area contributed by atoms with Gasteiger partial charge in [-0.2, -0.15) is 5.10 Å². The third kappa shape index (κ3) is 3.76. The molecule has 2 fully saturated rings. The van der Waals surface area contributed by atoms with Gasteiger partial charge in [0.15, 0.2) is 5.65 Å². The zero-order valence-corrected chi connectivity index (χ0v) is 16.7. The Balaban J connectivity index is 1.46. The number of likely N-dealkylation sites (tertiary alicyclic amines) is 1. The van der Waals surface area contributed by atoms with E-state index in [0.717, 1.165) is 38.2 Å². The Kier molecular flexibility index (Phi) is 5.35. The molecule has 4 rings (SSSR count). The quantitative estimate of drug-likeness (QED) is 0.848. The number of amides is 1. The second-order valence-electron chi connectivity index (χ2n) is 8.25. The van der Waals surface area contributed by atoms with Gasteiger partial charge in [0.2, 0.25) is 0 Å². The van der Waals surface area contributed by atoms with Crippen molar-refractivity contribution in [1.82, 2.24) is 24.4 Å². The highest BCUT2D eigenvalue weighted by molar-refractivity contribution is 5.99. The maximum atomic E-state index is 12.4. The standard InChI is InChI=1S/C20H29N5O3/c1-23(2)19(26)16-13-22-25-17(3-8-21-18(16)25)15-4-9-24(10-5-15)14-20(27)6-11-28-12-7-20/h3,8,13,15,27H,4-7,9-12,14H2,1-2H3. The molecule has 0 atom stereocenters. The van der Waals surface area contributed by atoms with Crippen LogP contribution in [0, 0.1) is 0 Å². The fourth-order valence-electron chi connectivity index (χ4n) is 4.32. The van der Waals surface area contributed by atoms with E-state index in [1.165, 1.54) is 0 Å². The Bertz CT molecular complexity index is 835. The van der Waals surface area contributed by atoms with Crippen molar-refractivity contribution in [1.29, 1.82) is 0 Å². The van der Waals surface area contributed by atoms with Gasteiger partial charge >= 0.3 is 0 Å². The van der Waals surface area contributed by atoms with Gasteiger partial charge in [0.25, 0.3) is 5.91 Å². The Hall–Kier alpha value is -2.03. The number of hydrogen-bond acceptors (Lipinski definition) is 6. The van der Waals surface area contributed by atoms with E-state index in [-0.39, 0.29) is 5.91 Å². The molecule has 4 heterocycles. The molecule has 0 aromatic carbocycles. The van der Waals surface area contributed by atoms with Crippen LogP contribution in [0.15, 0.2) is 18.5 Å². The fourth-order valence-corrected chi connectivity index (χ4v) is 4.32. The first-order chi connectivity index (χ1) is 13.5. The van der Waals surface area contributed by atoms with Crippen LogP contribution in [0.1, 0.15) is 47.7 Å². The number of nitrogens with zero attached hydrogens (tertiary/aromatic N) is 5. The van der Waals surface area contributed by atoms with Crippen LogP contribution in [0.4, 0.5) is 0 Å². The minimum Gasteiger partial charge on any atom is -0.388 e. The molecule has 28 heavy (non-hydrogen) atoms. The zero-order valence-electron chi connectivity index (χ0n) is 16.7. The Morgan fingerprint density at radius 1 is 1.32 bits per heavy atom. The zero-order chi connectivity index (χ0) is 19.7. The predicted octanol–water partition coefficient (Wildman–Crippen LogP) is 1.15. The van der Waals surface area contributed by atoms with E-state index in [9.17, 15) is 9.90 Å². The van der Waals surface area contributed by atoms with Crippen molar-refractivity contribution >= 4 is 11.6 Å². The fraction of sp³-hybridized carbons (Fsp3) is 0.650. The first-order valence-corrected chi connectivity index (χ1v) is 10.0. The number of β-amino-alcohol motifs (C(OH)–C–C–N with tert-alkyl or cyclic N) is 1. The molecule has 1 N–H and O–H groups in total. The van der Waals surface area contributed by atoms with Crippen molar-refractivity contribution in [3.63, 3.8) is 0 Å². The molecule has 0 aliphatic carbocycles. The second kappa shape index (κ2) is 7.77. The van der Waals surface area contributed by atoms with Gasteiger partial charge in [-0.25, -0.2) is 9.50 Å². The normalized spacial score (nSPS) is 21.1. The molecule has 2 aliphatic heterocycles. The Morgan fingerprint density at radius 3 is 2.71 bits per heavy atom. The largest absolute Gasteiger partial charge is 0.388 e. The van der Waals surface area contributed by atoms with Gasteiger partial charge in [0, 0.05) is 64.5 Å². The number of ether oxygens (including phenoxy) is 1. The molecule has 0 bridgehead atoms. The summed E-state index contributed by atoms with van der Waals surface area (Å²) in [5.41, 5.74) is 1.65. The molecule has 8 heteroatoms. The summed E-state index contributed by atoms with van der Waals surface area (Å²) in [5, 5.41) is 15.2. The number of piperidine rings is 1. The summed E-state index contributed by atoms with van der Waals surface area (Å²) >= 11 is 0. The van der Waals surface area contributed by atoms with Crippen LogP contribution in [0.25, 0.3) is 5.65 Å². The smallest absolute Gasteiger partial charge is 0.258 e. The van der Waals surface area contributed by atoms with Gasteiger partial charge in [-0.05, 0) is 32.0 Å². The first-order valence-electron chi connectivity index (χ1n) is 10.0. The molecule has 2 aromatic rings. The van der Waals surface area contributed by atoms with Gasteiger partial charge in [-0.3, -0.25) is 4.79 Å². The molecule has 2 aliphatic rings. The lowest BCUT2D eigenvalue weighted by Crippen LogP contribution is -2.48. The first kappa shape index (κ1) is 19.3. The third-order valence-corrected chi connectivity index (χ3v) is 6.01. The predicted molar refractivity (Wildman–Crippen MR) is 104 cm³/mol. The van der Waals surface area contributed by atoms with Gasteiger partial charge in [0.05, 0.1) is 11.8 Å². The van der Waals surface area contributed by atoms with E-state index in [1.54, 1.807) is 31.4 Å². The van der Waals surface area contributed by atoms with Gasteiger partial charge in [0.1, 0.15) is 5.56 Å². The summed E-state index contributed by atoms with van der Waals surface area (Å²) in [6.45, 7) is 3.91. The van der Waals surface area contributed by atoms with E-state index in [2.05, 4.69) is 15.0 Å². The molecule has 152 valence electrons. The summed E-state index contributed by atoms with van der Waals surface area (Å²) in [5.74, 6) is 0.285. The van der Waals surface area contributed by atoms with Crippen LogP contribution >= 0.6 is 0 Å². The second-order valence-corrected chi connectivity index (χ2v) is 8.25. The highest BCUT2D eigenvalue weighted by Gasteiger charge is 2.34. The lowest BCUT2D eigenvalue weighted by molar-refractivity contribution is -0.0821. The summed E-state index contributed by atoms with van der Waals surface area (Å²) in [6, 6.07) is 2.01. The number of aliphatic hydroxyl groups is 1. The highest BCUT2D eigenvalue weighted by Crippen LogP contribution is 2.30. The lowest BCUT2D eigenvalue weighted by atomic mass is 9.89. The van der Waals surface area contributed by atoms with Crippen LogP contribution in [0.5, 0.6) is 0 Å². The minimum atomic E-state index is -0.613. The SMILES string of the molecule is CN(C)C(=O)c1cnn2c(C3CCN(CC4(O)CCOCC4)CC3)ccnc12. The molecule has 2 saturated heterocycles. The maximum Gasteiger partial charge on any atom is 0.258 e.